The Morgan fingerprint density at radius 3 is 2.70 bits per heavy atom. The Bertz CT molecular complexity index is 688. The fourth-order valence-corrected chi connectivity index (χ4v) is 2.52. The number of nitrogens with zero attached hydrogens (tertiary/aromatic N) is 1. The number of benzene rings is 2. The molecule has 5 heteroatoms. The van der Waals surface area contributed by atoms with Crippen LogP contribution in [-0.4, -0.2) is 31.2 Å². The van der Waals surface area contributed by atoms with Gasteiger partial charge in [0.1, 0.15) is 0 Å². The summed E-state index contributed by atoms with van der Waals surface area (Å²) < 4.78 is 10.6. The lowest BCUT2D eigenvalue weighted by Crippen LogP contribution is -2.32. The van der Waals surface area contributed by atoms with Gasteiger partial charge in [-0.1, -0.05) is 30.3 Å². The Labute approximate surface area is 135 Å². The first-order chi connectivity index (χ1) is 11.1. The Morgan fingerprint density at radius 1 is 1.17 bits per heavy atom. The van der Waals surface area contributed by atoms with Crippen molar-refractivity contribution in [2.45, 2.75) is 13.0 Å². The van der Waals surface area contributed by atoms with Gasteiger partial charge in [-0.05, 0) is 31.7 Å². The van der Waals surface area contributed by atoms with Crippen LogP contribution in [0.25, 0.3) is 0 Å². The van der Waals surface area contributed by atoms with Gasteiger partial charge in [0, 0.05) is 17.8 Å². The van der Waals surface area contributed by atoms with E-state index in [0.717, 1.165) is 0 Å². The minimum Gasteiger partial charge on any atom is -0.454 e. The van der Waals surface area contributed by atoms with Gasteiger partial charge in [-0.25, -0.2) is 0 Å². The van der Waals surface area contributed by atoms with Gasteiger partial charge in [0.2, 0.25) is 12.7 Å². The number of rotatable bonds is 5. The number of carbonyl (C=O) groups excluding carboxylic acids is 1. The molecule has 1 atom stereocenters. The number of fused-ring (bicyclic) bond motifs is 1. The standard InChI is InChI=1S/C18H20N2O3/c1-13(14-6-4-3-5-7-14)20(2)11-18(21)19-15-8-9-16-17(10-15)23-12-22-16/h3-10,13H,11-12H2,1-2H3,(H,19,21). The highest BCUT2D eigenvalue weighted by molar-refractivity contribution is 5.92. The smallest absolute Gasteiger partial charge is 0.238 e. The molecule has 1 unspecified atom stereocenters. The molecule has 0 spiro atoms. The zero-order valence-corrected chi connectivity index (χ0v) is 13.3. The number of anilines is 1. The van der Waals surface area contributed by atoms with E-state index >= 15 is 0 Å². The Balaban J connectivity index is 1.58. The molecule has 5 nitrogen and oxygen atoms in total. The molecular formula is C18H20N2O3. The van der Waals surface area contributed by atoms with Crippen molar-refractivity contribution in [3.8, 4) is 11.5 Å². The molecular weight excluding hydrogens is 292 g/mol. The summed E-state index contributed by atoms with van der Waals surface area (Å²) in [6.45, 7) is 2.62. The lowest BCUT2D eigenvalue weighted by molar-refractivity contribution is -0.117. The molecule has 1 amide bonds. The van der Waals surface area contributed by atoms with Gasteiger partial charge in [0.05, 0.1) is 6.54 Å². The third-order valence-corrected chi connectivity index (χ3v) is 3.99. The molecule has 2 aromatic rings. The van der Waals surface area contributed by atoms with E-state index in [1.54, 1.807) is 12.1 Å². The molecule has 0 aromatic heterocycles. The Kier molecular flexibility index (Phi) is 4.48. The molecule has 0 radical (unpaired) electrons. The molecule has 1 heterocycles. The third-order valence-electron chi connectivity index (χ3n) is 3.99. The zero-order valence-electron chi connectivity index (χ0n) is 13.3. The van der Waals surface area contributed by atoms with E-state index in [0.29, 0.717) is 23.7 Å². The number of nitrogens with one attached hydrogen (secondary N) is 1. The fraction of sp³-hybridized carbons (Fsp3) is 0.278. The van der Waals surface area contributed by atoms with Gasteiger partial charge in [-0.15, -0.1) is 0 Å². The zero-order chi connectivity index (χ0) is 16.2. The van der Waals surface area contributed by atoms with Gasteiger partial charge >= 0.3 is 0 Å². The van der Waals surface area contributed by atoms with Crippen molar-refractivity contribution in [2.24, 2.45) is 0 Å². The van der Waals surface area contributed by atoms with Crippen molar-refractivity contribution in [3.05, 3.63) is 54.1 Å². The molecule has 1 N–H and O–H groups in total. The molecule has 0 fully saturated rings. The summed E-state index contributed by atoms with van der Waals surface area (Å²) in [6.07, 6.45) is 0. The van der Waals surface area contributed by atoms with Gasteiger partial charge in [0.25, 0.3) is 0 Å². The molecule has 3 rings (SSSR count). The van der Waals surface area contributed by atoms with Crippen molar-refractivity contribution >= 4 is 11.6 Å². The van der Waals surface area contributed by atoms with E-state index in [4.69, 9.17) is 9.47 Å². The lowest BCUT2D eigenvalue weighted by atomic mass is 10.1. The molecule has 1 aliphatic heterocycles. The second-order valence-electron chi connectivity index (χ2n) is 5.62. The highest BCUT2D eigenvalue weighted by Crippen LogP contribution is 2.34. The molecule has 0 aliphatic carbocycles. The van der Waals surface area contributed by atoms with Crippen LogP contribution >= 0.6 is 0 Å². The third kappa shape index (κ3) is 3.63. The molecule has 0 saturated carbocycles. The summed E-state index contributed by atoms with van der Waals surface area (Å²) >= 11 is 0. The highest BCUT2D eigenvalue weighted by Gasteiger charge is 2.17. The number of hydrogen-bond donors (Lipinski definition) is 1. The maximum absolute atomic E-state index is 12.2. The van der Waals surface area contributed by atoms with Gasteiger partial charge < -0.3 is 14.8 Å². The first-order valence-electron chi connectivity index (χ1n) is 7.58. The van der Waals surface area contributed by atoms with Crippen molar-refractivity contribution in [1.29, 1.82) is 0 Å². The van der Waals surface area contributed by atoms with E-state index in [2.05, 4.69) is 24.4 Å². The minimum atomic E-state index is -0.0610. The molecule has 0 saturated heterocycles. The molecule has 1 aliphatic rings. The van der Waals surface area contributed by atoms with Crippen molar-refractivity contribution < 1.29 is 14.3 Å². The number of amides is 1. The summed E-state index contributed by atoms with van der Waals surface area (Å²) in [5.41, 5.74) is 1.89. The summed E-state index contributed by atoms with van der Waals surface area (Å²) in [5.74, 6) is 1.31. The SMILES string of the molecule is CC(c1ccccc1)N(C)CC(=O)Nc1ccc2c(c1)OCO2. The van der Waals surface area contributed by atoms with E-state index < -0.39 is 0 Å². The van der Waals surface area contributed by atoms with Crippen LogP contribution in [0.15, 0.2) is 48.5 Å². The number of ether oxygens (including phenoxy) is 2. The van der Waals surface area contributed by atoms with E-state index in [1.165, 1.54) is 5.56 Å². The lowest BCUT2D eigenvalue weighted by Gasteiger charge is -2.24. The summed E-state index contributed by atoms with van der Waals surface area (Å²) in [6, 6.07) is 15.7. The van der Waals surface area contributed by atoms with Crippen molar-refractivity contribution in [2.75, 3.05) is 25.7 Å². The normalized spacial score (nSPS) is 13.9. The quantitative estimate of drug-likeness (QED) is 0.922. The molecule has 23 heavy (non-hydrogen) atoms. The first-order valence-corrected chi connectivity index (χ1v) is 7.58. The first kappa shape index (κ1) is 15.4. The van der Waals surface area contributed by atoms with Crippen molar-refractivity contribution in [3.63, 3.8) is 0 Å². The van der Waals surface area contributed by atoms with Crippen molar-refractivity contribution in [1.82, 2.24) is 4.90 Å². The average Bonchev–Trinajstić information content (AvgIpc) is 3.02. The Morgan fingerprint density at radius 2 is 1.91 bits per heavy atom. The van der Waals surface area contributed by atoms with Crippen LogP contribution < -0.4 is 14.8 Å². The van der Waals surface area contributed by atoms with Crippen LogP contribution in [-0.2, 0) is 4.79 Å². The highest BCUT2D eigenvalue weighted by atomic mass is 16.7. The minimum absolute atomic E-state index is 0.0610. The second-order valence-corrected chi connectivity index (χ2v) is 5.62. The maximum Gasteiger partial charge on any atom is 0.238 e. The average molecular weight is 312 g/mol. The number of carbonyl (C=O) groups is 1. The largest absolute Gasteiger partial charge is 0.454 e. The Hall–Kier alpha value is -2.53. The predicted octanol–water partition coefficient (Wildman–Crippen LogP) is 3.05. The van der Waals surface area contributed by atoms with Crippen LogP contribution in [0.3, 0.4) is 0 Å². The summed E-state index contributed by atoms with van der Waals surface area (Å²) in [4.78, 5) is 14.2. The van der Waals surface area contributed by atoms with Gasteiger partial charge in [-0.2, -0.15) is 0 Å². The topological polar surface area (TPSA) is 50.8 Å². The molecule has 120 valence electrons. The van der Waals surface area contributed by atoms with Crippen LogP contribution in [0.1, 0.15) is 18.5 Å². The van der Waals surface area contributed by atoms with E-state index in [-0.39, 0.29) is 18.7 Å². The van der Waals surface area contributed by atoms with E-state index in [1.807, 2.05) is 36.2 Å². The summed E-state index contributed by atoms with van der Waals surface area (Å²) in [5, 5.41) is 2.89. The fourth-order valence-electron chi connectivity index (χ4n) is 2.52. The maximum atomic E-state index is 12.2. The van der Waals surface area contributed by atoms with Crippen LogP contribution in [0, 0.1) is 0 Å². The van der Waals surface area contributed by atoms with Crippen LogP contribution in [0.4, 0.5) is 5.69 Å². The van der Waals surface area contributed by atoms with Gasteiger partial charge in [-0.3, -0.25) is 9.69 Å². The van der Waals surface area contributed by atoms with E-state index in [9.17, 15) is 4.79 Å². The number of hydrogen-bond acceptors (Lipinski definition) is 4. The summed E-state index contributed by atoms with van der Waals surface area (Å²) in [7, 11) is 1.94. The monoisotopic (exact) mass is 312 g/mol. The second kappa shape index (κ2) is 6.71. The number of likely N-dealkylation sites (N-methyl/N-ethyl adjacent to an activating group) is 1. The predicted molar refractivity (Wildman–Crippen MR) is 88.7 cm³/mol. The molecule has 2 aromatic carbocycles. The van der Waals surface area contributed by atoms with Crippen LogP contribution in [0.2, 0.25) is 0 Å². The van der Waals surface area contributed by atoms with Crippen LogP contribution in [0.5, 0.6) is 11.5 Å². The van der Waals surface area contributed by atoms with Gasteiger partial charge in [0.15, 0.2) is 11.5 Å². The molecule has 0 bridgehead atoms.